The van der Waals surface area contributed by atoms with Crippen LogP contribution in [0.1, 0.15) is 45.5 Å². The topological polar surface area (TPSA) is 93.8 Å². The van der Waals surface area contributed by atoms with Gasteiger partial charge in [-0.25, -0.2) is 23.7 Å². The fourth-order valence-electron chi connectivity index (χ4n) is 5.07. The van der Waals surface area contributed by atoms with Gasteiger partial charge < -0.3 is 14.8 Å². The quantitative estimate of drug-likeness (QED) is 0.633. The molecule has 2 fully saturated rings. The van der Waals surface area contributed by atoms with E-state index in [9.17, 15) is 13.6 Å². The molecule has 1 aliphatic heterocycles. The third-order valence-electron chi connectivity index (χ3n) is 7.18. The Bertz CT molecular complexity index is 1240. The first-order chi connectivity index (χ1) is 15.8. The highest BCUT2D eigenvalue weighted by molar-refractivity contribution is 5.94. The summed E-state index contributed by atoms with van der Waals surface area (Å²) in [6, 6.07) is -0.0863. The van der Waals surface area contributed by atoms with Gasteiger partial charge in [-0.1, -0.05) is 0 Å². The molecule has 2 aliphatic carbocycles. The van der Waals surface area contributed by atoms with E-state index < -0.39 is 17.8 Å². The number of imidazole rings is 1. The molecular formula is C22H24F2N8O. The van der Waals surface area contributed by atoms with Crippen molar-refractivity contribution in [2.45, 2.75) is 38.3 Å². The van der Waals surface area contributed by atoms with Gasteiger partial charge in [-0.15, -0.1) is 0 Å². The van der Waals surface area contributed by atoms with E-state index in [0.29, 0.717) is 31.1 Å². The van der Waals surface area contributed by atoms with Crippen LogP contribution in [-0.4, -0.2) is 54.2 Å². The average molecular weight is 454 g/mol. The number of piperidine rings is 1. The van der Waals surface area contributed by atoms with E-state index in [-0.39, 0.29) is 11.9 Å². The summed E-state index contributed by atoms with van der Waals surface area (Å²) in [5, 5.41) is 7.37. The molecule has 3 aromatic rings. The van der Waals surface area contributed by atoms with E-state index in [2.05, 4.69) is 25.4 Å². The molecule has 3 aromatic heterocycles. The van der Waals surface area contributed by atoms with Crippen molar-refractivity contribution in [1.29, 1.82) is 0 Å². The van der Waals surface area contributed by atoms with Crippen molar-refractivity contribution in [3.8, 4) is 0 Å². The number of aromatic nitrogens is 6. The number of halogens is 2. The second kappa shape index (κ2) is 7.06. The molecule has 1 saturated carbocycles. The summed E-state index contributed by atoms with van der Waals surface area (Å²) in [6.07, 6.45) is 8.47. The second-order valence-corrected chi connectivity index (χ2v) is 9.25. The van der Waals surface area contributed by atoms with Gasteiger partial charge >= 0.3 is 0 Å². The molecule has 0 bridgehead atoms. The van der Waals surface area contributed by atoms with Crippen molar-refractivity contribution in [2.75, 3.05) is 18.0 Å². The SMILES string of the molecule is Cc1nc(N2CC3C(C2)C3(F)F)ncc1Cn1cc(C(=O)N[C@@H]2CCc3c2ncn3C)cn1. The van der Waals surface area contributed by atoms with E-state index in [1.807, 2.05) is 23.4 Å². The molecule has 0 radical (unpaired) electrons. The van der Waals surface area contributed by atoms with Crippen LogP contribution >= 0.6 is 0 Å². The Kier molecular flexibility index (Phi) is 4.33. The molecular weight excluding hydrogens is 430 g/mol. The van der Waals surface area contributed by atoms with Crippen LogP contribution < -0.4 is 10.2 Å². The van der Waals surface area contributed by atoms with Crippen LogP contribution in [-0.2, 0) is 20.0 Å². The molecule has 0 spiro atoms. The van der Waals surface area contributed by atoms with Gasteiger partial charge in [0.25, 0.3) is 11.8 Å². The lowest BCUT2D eigenvalue weighted by Gasteiger charge is -2.20. The summed E-state index contributed by atoms with van der Waals surface area (Å²) >= 11 is 0. The first kappa shape index (κ1) is 20.3. The highest BCUT2D eigenvalue weighted by atomic mass is 19.3. The maximum Gasteiger partial charge on any atom is 0.258 e. The van der Waals surface area contributed by atoms with Crippen molar-refractivity contribution in [3.63, 3.8) is 0 Å². The molecule has 3 atom stereocenters. The monoisotopic (exact) mass is 454 g/mol. The van der Waals surface area contributed by atoms with Crippen molar-refractivity contribution < 1.29 is 13.6 Å². The fourth-order valence-corrected chi connectivity index (χ4v) is 5.07. The maximum atomic E-state index is 13.4. The highest BCUT2D eigenvalue weighted by Crippen LogP contribution is 2.59. The van der Waals surface area contributed by atoms with E-state index >= 15 is 0 Å². The molecule has 4 heterocycles. The Morgan fingerprint density at radius 2 is 2.03 bits per heavy atom. The molecule has 0 aromatic carbocycles. The van der Waals surface area contributed by atoms with Gasteiger partial charge in [-0.3, -0.25) is 9.48 Å². The van der Waals surface area contributed by atoms with Crippen LogP contribution in [0.25, 0.3) is 0 Å². The molecule has 3 aliphatic rings. The van der Waals surface area contributed by atoms with Gasteiger partial charge in [0.1, 0.15) is 0 Å². The summed E-state index contributed by atoms with van der Waals surface area (Å²) in [5.41, 5.74) is 4.20. The van der Waals surface area contributed by atoms with Crippen LogP contribution in [0.15, 0.2) is 24.9 Å². The number of hydrogen-bond acceptors (Lipinski definition) is 6. The van der Waals surface area contributed by atoms with Crippen molar-refractivity contribution >= 4 is 11.9 Å². The summed E-state index contributed by atoms with van der Waals surface area (Å²) in [7, 11) is 1.96. The third-order valence-corrected chi connectivity index (χ3v) is 7.18. The number of nitrogens with zero attached hydrogens (tertiary/aromatic N) is 7. The number of anilines is 1. The lowest BCUT2D eigenvalue weighted by atomic mass is 10.2. The Hall–Kier alpha value is -3.37. The summed E-state index contributed by atoms with van der Waals surface area (Å²) in [5.74, 6) is -3.35. The van der Waals surface area contributed by atoms with E-state index in [4.69, 9.17) is 0 Å². The zero-order valence-corrected chi connectivity index (χ0v) is 18.4. The summed E-state index contributed by atoms with van der Waals surface area (Å²) in [4.78, 5) is 27.9. The largest absolute Gasteiger partial charge is 0.343 e. The molecule has 33 heavy (non-hydrogen) atoms. The fraction of sp³-hybridized carbons (Fsp3) is 0.500. The molecule has 1 amide bonds. The smallest absolute Gasteiger partial charge is 0.258 e. The molecule has 11 heteroatoms. The molecule has 9 nitrogen and oxygen atoms in total. The van der Waals surface area contributed by atoms with Gasteiger partial charge in [0, 0.05) is 49.5 Å². The number of amides is 1. The number of hydrogen-bond donors (Lipinski definition) is 1. The minimum Gasteiger partial charge on any atom is -0.343 e. The Morgan fingerprint density at radius 1 is 1.24 bits per heavy atom. The molecule has 6 rings (SSSR count). The van der Waals surface area contributed by atoms with Crippen LogP contribution in [0.3, 0.4) is 0 Å². The standard InChI is InChI=1S/C22H24F2N8O/c1-12-13(5-25-21(28-12)31-9-15-16(10-31)22(15,23)24)7-32-8-14(6-27-32)20(33)29-17-3-4-18-19(17)26-11-30(18)2/h5-6,8,11,15-17H,3-4,7,9-10H2,1-2H3,(H,29,33)/t15?,16?,17-/m1/s1. The minimum atomic E-state index is -2.52. The van der Waals surface area contributed by atoms with Gasteiger partial charge in [0.05, 0.1) is 48.2 Å². The number of fused-ring (bicyclic) bond motifs is 2. The number of aryl methyl sites for hydroxylation is 2. The van der Waals surface area contributed by atoms with E-state index in [1.54, 1.807) is 29.6 Å². The van der Waals surface area contributed by atoms with E-state index in [1.165, 1.54) is 0 Å². The normalized spacial score (nSPS) is 24.6. The van der Waals surface area contributed by atoms with Gasteiger partial charge in [0.15, 0.2) is 0 Å². The van der Waals surface area contributed by atoms with Gasteiger partial charge in [0.2, 0.25) is 5.95 Å². The van der Waals surface area contributed by atoms with Crippen LogP contribution in [0.5, 0.6) is 0 Å². The van der Waals surface area contributed by atoms with Gasteiger partial charge in [-0.2, -0.15) is 5.10 Å². The summed E-state index contributed by atoms with van der Waals surface area (Å²) < 4.78 is 30.6. The third kappa shape index (κ3) is 3.28. The van der Waals surface area contributed by atoms with E-state index in [0.717, 1.165) is 35.5 Å². The lowest BCUT2D eigenvalue weighted by molar-refractivity contribution is 0.0795. The number of alkyl halides is 2. The number of rotatable bonds is 5. The molecule has 172 valence electrons. The first-order valence-corrected chi connectivity index (χ1v) is 11.1. The Balaban J connectivity index is 1.10. The van der Waals surface area contributed by atoms with Crippen LogP contribution in [0, 0.1) is 18.8 Å². The average Bonchev–Trinajstić information content (AvgIpc) is 3.41. The van der Waals surface area contributed by atoms with Crippen LogP contribution in [0.4, 0.5) is 14.7 Å². The Morgan fingerprint density at radius 3 is 2.79 bits per heavy atom. The number of carbonyl (C=O) groups is 1. The van der Waals surface area contributed by atoms with Crippen LogP contribution in [0.2, 0.25) is 0 Å². The second-order valence-electron chi connectivity index (χ2n) is 9.25. The minimum absolute atomic E-state index is 0.0863. The number of nitrogens with one attached hydrogen (secondary N) is 1. The first-order valence-electron chi connectivity index (χ1n) is 11.1. The van der Waals surface area contributed by atoms with Crippen molar-refractivity contribution in [2.24, 2.45) is 18.9 Å². The zero-order chi connectivity index (χ0) is 22.9. The lowest BCUT2D eigenvalue weighted by Crippen LogP contribution is -2.29. The summed E-state index contributed by atoms with van der Waals surface area (Å²) in [6.45, 7) is 2.88. The Labute approximate surface area is 188 Å². The highest BCUT2D eigenvalue weighted by Gasteiger charge is 2.72. The predicted octanol–water partition coefficient (Wildman–Crippen LogP) is 1.88. The predicted molar refractivity (Wildman–Crippen MR) is 114 cm³/mol. The zero-order valence-electron chi connectivity index (χ0n) is 18.4. The van der Waals surface area contributed by atoms with Crippen molar-refractivity contribution in [3.05, 3.63) is 53.1 Å². The number of carbonyl (C=O) groups excluding carboxylic acids is 1. The molecule has 2 unspecified atom stereocenters. The molecule has 1 saturated heterocycles. The van der Waals surface area contributed by atoms with Crippen molar-refractivity contribution in [1.82, 2.24) is 34.6 Å². The maximum absolute atomic E-state index is 13.4. The van der Waals surface area contributed by atoms with Gasteiger partial charge in [-0.05, 0) is 19.8 Å². The molecule has 1 N–H and O–H groups in total.